The average Bonchev–Trinajstić information content (AvgIpc) is 3.34. The highest BCUT2D eigenvalue weighted by atomic mass is 35.5. The smallest absolute Gasteiger partial charge is 0.306 e. The van der Waals surface area contributed by atoms with Gasteiger partial charge in [0.1, 0.15) is 12.4 Å². The Morgan fingerprint density at radius 2 is 2.03 bits per heavy atom. The van der Waals surface area contributed by atoms with Crippen molar-refractivity contribution >= 4 is 23.6 Å². The molecule has 0 fully saturated rings. The summed E-state index contributed by atoms with van der Waals surface area (Å²) < 4.78 is 54.8. The highest BCUT2D eigenvalue weighted by molar-refractivity contribution is 6.34. The maximum absolute atomic E-state index is 13.1. The molecule has 1 amide bonds. The van der Waals surface area contributed by atoms with Gasteiger partial charge < -0.3 is 4.90 Å². The van der Waals surface area contributed by atoms with Crippen molar-refractivity contribution in [3.8, 4) is 5.82 Å². The highest BCUT2D eigenvalue weighted by Crippen LogP contribution is 2.38. The zero-order valence-electron chi connectivity index (χ0n) is 16.0. The maximum atomic E-state index is 13.1. The molecule has 0 spiro atoms. The van der Waals surface area contributed by atoms with Crippen LogP contribution in [0.5, 0.6) is 0 Å². The number of nitrogens with zero attached hydrogens (tertiary/aromatic N) is 6. The summed E-state index contributed by atoms with van der Waals surface area (Å²) in [7, 11) is 0. The summed E-state index contributed by atoms with van der Waals surface area (Å²) in [6, 6.07) is 4.21. The standard InChI is InChI=1S/C19H15ClF4N6O/c1-11-17-14(30(27-25-17)15-6-8-28(26-15)10-7-21)5-9-29(11)18(31)12-3-2-4-13(16(12)20)19(22,23)24/h2-6,8-9,11H,7,10H2,1H3. The Bertz CT molecular complexity index is 1170. The molecular formula is C19H15ClF4N6O. The molecule has 0 saturated carbocycles. The van der Waals surface area contributed by atoms with E-state index in [-0.39, 0.29) is 12.1 Å². The Balaban J connectivity index is 1.65. The monoisotopic (exact) mass is 454 g/mol. The molecule has 0 aliphatic carbocycles. The van der Waals surface area contributed by atoms with E-state index in [2.05, 4.69) is 15.4 Å². The quantitative estimate of drug-likeness (QED) is 0.551. The number of hydrogen-bond acceptors (Lipinski definition) is 4. The van der Waals surface area contributed by atoms with Gasteiger partial charge in [-0.2, -0.15) is 23.0 Å². The number of hydrogen-bond donors (Lipinski definition) is 0. The van der Waals surface area contributed by atoms with E-state index in [9.17, 15) is 22.4 Å². The molecule has 1 aliphatic heterocycles. The normalized spacial score (nSPS) is 15.9. The molecular weight excluding hydrogens is 440 g/mol. The van der Waals surface area contributed by atoms with E-state index < -0.39 is 35.4 Å². The molecule has 4 rings (SSSR count). The summed E-state index contributed by atoms with van der Waals surface area (Å²) in [6.07, 6.45) is -0.0875. The van der Waals surface area contributed by atoms with Gasteiger partial charge in [0.05, 0.1) is 34.4 Å². The predicted octanol–water partition coefficient (Wildman–Crippen LogP) is 4.29. The van der Waals surface area contributed by atoms with Gasteiger partial charge in [-0.25, -0.2) is 4.39 Å². The number of aryl methyl sites for hydroxylation is 1. The molecule has 1 aliphatic rings. The lowest BCUT2D eigenvalue weighted by molar-refractivity contribution is -0.137. The average molecular weight is 455 g/mol. The van der Waals surface area contributed by atoms with Gasteiger partial charge in [-0.1, -0.05) is 22.9 Å². The number of alkyl halides is 4. The minimum Gasteiger partial charge on any atom is -0.306 e. The van der Waals surface area contributed by atoms with Crippen molar-refractivity contribution < 1.29 is 22.4 Å². The fourth-order valence-corrected chi connectivity index (χ4v) is 3.62. The molecule has 0 saturated heterocycles. The van der Waals surface area contributed by atoms with Crippen LogP contribution in [0.1, 0.15) is 40.3 Å². The molecule has 1 aromatic carbocycles. The van der Waals surface area contributed by atoms with E-state index in [1.807, 2.05) is 0 Å². The molecule has 162 valence electrons. The largest absolute Gasteiger partial charge is 0.417 e. The Morgan fingerprint density at radius 1 is 1.26 bits per heavy atom. The minimum absolute atomic E-state index is 0.100. The first-order valence-corrected chi connectivity index (χ1v) is 9.52. The summed E-state index contributed by atoms with van der Waals surface area (Å²) in [6.45, 7) is 1.20. The number of aromatic nitrogens is 5. The van der Waals surface area contributed by atoms with Crippen LogP contribution in [-0.4, -0.2) is 42.3 Å². The van der Waals surface area contributed by atoms with Crippen LogP contribution in [0.15, 0.2) is 36.7 Å². The molecule has 31 heavy (non-hydrogen) atoms. The van der Waals surface area contributed by atoms with Gasteiger partial charge >= 0.3 is 6.18 Å². The van der Waals surface area contributed by atoms with E-state index in [1.54, 1.807) is 25.3 Å². The summed E-state index contributed by atoms with van der Waals surface area (Å²) >= 11 is 5.91. The second kappa shape index (κ2) is 7.80. The van der Waals surface area contributed by atoms with Gasteiger partial charge in [-0.15, -0.1) is 5.10 Å². The first-order chi connectivity index (χ1) is 14.7. The van der Waals surface area contributed by atoms with E-state index in [0.29, 0.717) is 17.2 Å². The van der Waals surface area contributed by atoms with Crippen LogP contribution in [0.25, 0.3) is 11.9 Å². The van der Waals surface area contributed by atoms with Crippen LogP contribution >= 0.6 is 11.6 Å². The van der Waals surface area contributed by atoms with Crippen LogP contribution in [-0.2, 0) is 12.7 Å². The third-order valence-electron chi connectivity index (χ3n) is 4.86. The Labute approximate surface area is 178 Å². The number of rotatable bonds is 4. The topological polar surface area (TPSA) is 68.8 Å². The molecule has 1 unspecified atom stereocenters. The predicted molar refractivity (Wildman–Crippen MR) is 103 cm³/mol. The van der Waals surface area contributed by atoms with Gasteiger partial charge in [-0.05, 0) is 25.1 Å². The lowest BCUT2D eigenvalue weighted by atomic mass is 10.0. The van der Waals surface area contributed by atoms with Gasteiger partial charge in [0.2, 0.25) is 0 Å². The van der Waals surface area contributed by atoms with Crippen molar-refractivity contribution in [3.63, 3.8) is 0 Å². The van der Waals surface area contributed by atoms with Crippen LogP contribution in [0.2, 0.25) is 5.02 Å². The fourth-order valence-electron chi connectivity index (χ4n) is 3.31. The first kappa shape index (κ1) is 21.0. The van der Waals surface area contributed by atoms with Gasteiger partial charge in [0.25, 0.3) is 5.91 Å². The molecule has 12 heteroatoms. The van der Waals surface area contributed by atoms with Crippen molar-refractivity contribution in [1.29, 1.82) is 0 Å². The molecule has 3 heterocycles. The van der Waals surface area contributed by atoms with Gasteiger partial charge in [0, 0.05) is 18.5 Å². The number of benzene rings is 1. The maximum Gasteiger partial charge on any atom is 0.417 e. The van der Waals surface area contributed by atoms with Crippen LogP contribution in [0.4, 0.5) is 17.6 Å². The molecule has 0 N–H and O–H groups in total. The van der Waals surface area contributed by atoms with Gasteiger partial charge in [0.15, 0.2) is 5.82 Å². The van der Waals surface area contributed by atoms with Crippen molar-refractivity contribution in [2.75, 3.05) is 6.67 Å². The zero-order chi connectivity index (χ0) is 22.3. The summed E-state index contributed by atoms with van der Waals surface area (Å²) in [5.41, 5.74) is -0.367. The van der Waals surface area contributed by atoms with E-state index in [4.69, 9.17) is 11.6 Å². The number of carbonyl (C=O) groups is 1. The third-order valence-corrected chi connectivity index (χ3v) is 5.27. The molecule has 0 radical (unpaired) electrons. The first-order valence-electron chi connectivity index (χ1n) is 9.14. The third kappa shape index (κ3) is 3.69. The van der Waals surface area contributed by atoms with Crippen LogP contribution in [0, 0.1) is 0 Å². The number of amides is 1. The second-order valence-corrected chi connectivity index (χ2v) is 7.14. The van der Waals surface area contributed by atoms with Gasteiger partial charge in [-0.3, -0.25) is 9.48 Å². The molecule has 7 nitrogen and oxygen atoms in total. The van der Waals surface area contributed by atoms with E-state index in [0.717, 1.165) is 12.1 Å². The van der Waals surface area contributed by atoms with Crippen molar-refractivity contribution in [1.82, 2.24) is 29.7 Å². The molecule has 0 bridgehead atoms. The van der Waals surface area contributed by atoms with E-state index >= 15 is 0 Å². The highest BCUT2D eigenvalue weighted by Gasteiger charge is 2.36. The molecule has 1 atom stereocenters. The second-order valence-electron chi connectivity index (χ2n) is 6.77. The summed E-state index contributed by atoms with van der Waals surface area (Å²) in [5.74, 6) is -0.285. The van der Waals surface area contributed by atoms with Crippen molar-refractivity contribution in [3.05, 3.63) is 64.2 Å². The Morgan fingerprint density at radius 3 is 2.74 bits per heavy atom. The number of fused-ring (bicyclic) bond motifs is 1. The number of carbonyl (C=O) groups excluding carboxylic acids is 1. The van der Waals surface area contributed by atoms with Crippen molar-refractivity contribution in [2.45, 2.75) is 25.7 Å². The fraction of sp³-hybridized carbons (Fsp3) is 0.263. The van der Waals surface area contributed by atoms with E-state index in [1.165, 1.54) is 26.5 Å². The lowest BCUT2D eigenvalue weighted by Gasteiger charge is -2.28. The Hall–Kier alpha value is -3.21. The van der Waals surface area contributed by atoms with Crippen molar-refractivity contribution in [2.24, 2.45) is 0 Å². The molecule has 2 aromatic heterocycles. The number of halogens is 5. The SMILES string of the molecule is CC1c2nnn(-c3ccn(CCF)n3)c2C=CN1C(=O)c1cccc(C(F)(F)F)c1Cl. The summed E-state index contributed by atoms with van der Waals surface area (Å²) in [4.78, 5) is 14.2. The van der Waals surface area contributed by atoms with Crippen LogP contribution < -0.4 is 0 Å². The summed E-state index contributed by atoms with van der Waals surface area (Å²) in [5, 5.41) is 11.7. The molecule has 3 aromatic rings. The Kier molecular flexibility index (Phi) is 5.29. The minimum atomic E-state index is -4.68. The lowest BCUT2D eigenvalue weighted by Crippen LogP contribution is -2.31. The van der Waals surface area contributed by atoms with Crippen LogP contribution in [0.3, 0.4) is 0 Å². The zero-order valence-corrected chi connectivity index (χ0v) is 16.8.